The fourth-order valence-electron chi connectivity index (χ4n) is 2.13. The summed E-state index contributed by atoms with van der Waals surface area (Å²) >= 11 is 0. The molecule has 1 fully saturated rings. The van der Waals surface area contributed by atoms with E-state index in [0.29, 0.717) is 5.69 Å². The minimum absolute atomic E-state index is 0.133. The van der Waals surface area contributed by atoms with Gasteiger partial charge in [0.1, 0.15) is 0 Å². The minimum atomic E-state index is -0.899. The van der Waals surface area contributed by atoms with Crippen LogP contribution in [0.15, 0.2) is 36.5 Å². The van der Waals surface area contributed by atoms with Crippen LogP contribution in [0.1, 0.15) is 18.4 Å². The van der Waals surface area contributed by atoms with Crippen LogP contribution in [-0.2, 0) is 5.41 Å². The van der Waals surface area contributed by atoms with Crippen LogP contribution in [0.2, 0.25) is 0 Å². The van der Waals surface area contributed by atoms with Crippen molar-refractivity contribution < 1.29 is 8.78 Å². The minimum Gasteiger partial charge on any atom is -0.256 e. The Morgan fingerprint density at radius 2 is 1.95 bits per heavy atom. The van der Waals surface area contributed by atoms with Crippen molar-refractivity contribution in [3.63, 3.8) is 0 Å². The summed E-state index contributed by atoms with van der Waals surface area (Å²) in [5.74, 6) is -1.79. The SMILES string of the molecule is N#CC1(c2ccc(-c3cccc(F)c3F)nc2)CC1. The largest absolute Gasteiger partial charge is 0.256 e. The second-order valence-electron chi connectivity index (χ2n) is 4.73. The quantitative estimate of drug-likeness (QED) is 0.823. The van der Waals surface area contributed by atoms with Crippen molar-refractivity contribution in [2.45, 2.75) is 18.3 Å². The average Bonchev–Trinajstić information content (AvgIpc) is 3.23. The van der Waals surface area contributed by atoms with E-state index in [4.69, 9.17) is 5.26 Å². The summed E-state index contributed by atoms with van der Waals surface area (Å²) in [6.07, 6.45) is 3.24. The standard InChI is InChI=1S/C15H10F2N2/c16-12-3-1-2-11(14(12)17)13-5-4-10(8-19-13)15(9-18)6-7-15/h1-5,8H,6-7H2. The molecule has 0 radical (unpaired) electrons. The molecule has 0 amide bonds. The highest BCUT2D eigenvalue weighted by Gasteiger charge is 2.45. The summed E-state index contributed by atoms with van der Waals surface area (Å²) in [4.78, 5) is 4.15. The van der Waals surface area contributed by atoms with E-state index in [1.807, 2.05) is 0 Å². The van der Waals surface area contributed by atoms with E-state index in [9.17, 15) is 8.78 Å². The number of hydrogen-bond donors (Lipinski definition) is 0. The Balaban J connectivity index is 2.00. The van der Waals surface area contributed by atoms with Crippen molar-refractivity contribution in [2.75, 3.05) is 0 Å². The molecule has 0 spiro atoms. The second-order valence-corrected chi connectivity index (χ2v) is 4.73. The first-order valence-electron chi connectivity index (χ1n) is 5.98. The molecule has 94 valence electrons. The van der Waals surface area contributed by atoms with Crippen LogP contribution in [0.4, 0.5) is 8.78 Å². The highest BCUT2D eigenvalue weighted by Crippen LogP contribution is 2.47. The number of pyridine rings is 1. The monoisotopic (exact) mass is 256 g/mol. The maximum atomic E-state index is 13.6. The van der Waals surface area contributed by atoms with Gasteiger partial charge >= 0.3 is 0 Å². The van der Waals surface area contributed by atoms with Gasteiger partial charge in [0.15, 0.2) is 11.6 Å². The van der Waals surface area contributed by atoms with Crippen molar-refractivity contribution in [2.24, 2.45) is 0 Å². The third kappa shape index (κ3) is 1.88. The molecule has 1 heterocycles. The zero-order valence-corrected chi connectivity index (χ0v) is 10.0. The van der Waals surface area contributed by atoms with Gasteiger partial charge in [-0.05, 0) is 36.6 Å². The lowest BCUT2D eigenvalue weighted by molar-refractivity contribution is 0.511. The highest BCUT2D eigenvalue weighted by atomic mass is 19.2. The normalized spacial score (nSPS) is 15.8. The Hall–Kier alpha value is -2.28. The molecule has 2 nitrogen and oxygen atoms in total. The van der Waals surface area contributed by atoms with E-state index in [0.717, 1.165) is 24.5 Å². The maximum Gasteiger partial charge on any atom is 0.168 e. The zero-order chi connectivity index (χ0) is 13.5. The Bertz CT molecular complexity index is 668. The number of halogens is 2. The third-order valence-electron chi connectivity index (χ3n) is 3.51. The van der Waals surface area contributed by atoms with E-state index in [-0.39, 0.29) is 5.56 Å². The summed E-state index contributed by atoms with van der Waals surface area (Å²) in [5, 5.41) is 9.09. The number of nitriles is 1. The Morgan fingerprint density at radius 1 is 1.16 bits per heavy atom. The number of benzene rings is 1. The van der Waals surface area contributed by atoms with Crippen LogP contribution < -0.4 is 0 Å². The molecule has 0 atom stereocenters. The lowest BCUT2D eigenvalue weighted by atomic mass is 9.99. The zero-order valence-electron chi connectivity index (χ0n) is 10.0. The van der Waals surface area contributed by atoms with Gasteiger partial charge in [0.2, 0.25) is 0 Å². The first-order chi connectivity index (χ1) is 9.16. The van der Waals surface area contributed by atoms with E-state index >= 15 is 0 Å². The lowest BCUT2D eigenvalue weighted by Crippen LogP contribution is -2.03. The molecule has 3 rings (SSSR count). The molecule has 1 aromatic heterocycles. The Kier molecular flexibility index (Phi) is 2.56. The third-order valence-corrected chi connectivity index (χ3v) is 3.51. The van der Waals surface area contributed by atoms with Crippen molar-refractivity contribution in [1.82, 2.24) is 4.98 Å². The van der Waals surface area contributed by atoms with Gasteiger partial charge in [0.05, 0.1) is 17.2 Å². The first-order valence-corrected chi connectivity index (χ1v) is 5.98. The van der Waals surface area contributed by atoms with Crippen LogP contribution in [0.25, 0.3) is 11.3 Å². The number of nitrogens with zero attached hydrogens (tertiary/aromatic N) is 2. The molecule has 0 saturated heterocycles. The second kappa shape index (κ2) is 4.13. The van der Waals surface area contributed by atoms with E-state index in [2.05, 4.69) is 11.1 Å². The Labute approximate surface area is 109 Å². The van der Waals surface area contributed by atoms with Gasteiger partial charge in [-0.15, -0.1) is 0 Å². The average molecular weight is 256 g/mol. The Morgan fingerprint density at radius 3 is 2.53 bits per heavy atom. The summed E-state index contributed by atoms with van der Waals surface area (Å²) in [6, 6.07) is 9.67. The van der Waals surface area contributed by atoms with Crippen molar-refractivity contribution in [3.05, 3.63) is 53.7 Å². The fraction of sp³-hybridized carbons (Fsp3) is 0.200. The van der Waals surface area contributed by atoms with Crippen LogP contribution in [0.3, 0.4) is 0 Å². The summed E-state index contributed by atoms with van der Waals surface area (Å²) in [5.41, 5.74) is 0.935. The van der Waals surface area contributed by atoms with Gasteiger partial charge in [-0.2, -0.15) is 5.26 Å². The first kappa shape index (κ1) is 11.8. The molecule has 1 aromatic carbocycles. The van der Waals surface area contributed by atoms with Gasteiger partial charge in [-0.1, -0.05) is 12.1 Å². The van der Waals surface area contributed by atoms with Gasteiger partial charge in [-0.25, -0.2) is 8.78 Å². The molecular formula is C15H10F2N2. The van der Waals surface area contributed by atoms with Crippen molar-refractivity contribution in [3.8, 4) is 17.3 Å². The van der Waals surface area contributed by atoms with E-state index in [1.54, 1.807) is 18.3 Å². The van der Waals surface area contributed by atoms with E-state index < -0.39 is 17.0 Å². The molecule has 0 N–H and O–H groups in total. The van der Waals surface area contributed by atoms with Crippen LogP contribution in [0.5, 0.6) is 0 Å². The molecule has 19 heavy (non-hydrogen) atoms. The number of hydrogen-bond acceptors (Lipinski definition) is 2. The van der Waals surface area contributed by atoms with Gasteiger partial charge in [-0.3, -0.25) is 4.98 Å². The van der Waals surface area contributed by atoms with E-state index in [1.165, 1.54) is 12.1 Å². The molecule has 0 bridgehead atoms. The molecule has 1 saturated carbocycles. The van der Waals surface area contributed by atoms with Crippen molar-refractivity contribution in [1.29, 1.82) is 5.26 Å². The van der Waals surface area contributed by atoms with Gasteiger partial charge < -0.3 is 0 Å². The predicted octanol–water partition coefficient (Wildman–Crippen LogP) is 3.58. The van der Waals surface area contributed by atoms with Crippen molar-refractivity contribution >= 4 is 0 Å². The fourth-order valence-corrected chi connectivity index (χ4v) is 2.13. The summed E-state index contributed by atoms with van der Waals surface area (Å²) in [7, 11) is 0. The van der Waals surface area contributed by atoms with Crippen LogP contribution in [0, 0.1) is 23.0 Å². The lowest BCUT2D eigenvalue weighted by Gasteiger charge is -2.07. The summed E-state index contributed by atoms with van der Waals surface area (Å²) in [6.45, 7) is 0. The molecule has 0 aliphatic heterocycles. The topological polar surface area (TPSA) is 36.7 Å². The summed E-state index contributed by atoms with van der Waals surface area (Å²) < 4.78 is 26.8. The highest BCUT2D eigenvalue weighted by molar-refractivity contribution is 5.60. The smallest absolute Gasteiger partial charge is 0.168 e. The van der Waals surface area contributed by atoms with Gasteiger partial charge in [0.25, 0.3) is 0 Å². The molecule has 2 aromatic rings. The van der Waals surface area contributed by atoms with Crippen LogP contribution in [-0.4, -0.2) is 4.98 Å². The maximum absolute atomic E-state index is 13.6. The molecular weight excluding hydrogens is 246 g/mol. The number of rotatable bonds is 2. The molecule has 1 aliphatic rings. The number of aromatic nitrogens is 1. The predicted molar refractivity (Wildman–Crippen MR) is 66.1 cm³/mol. The van der Waals surface area contributed by atoms with Gasteiger partial charge in [0, 0.05) is 11.8 Å². The molecule has 4 heteroatoms. The molecule has 1 aliphatic carbocycles. The molecule has 0 unspecified atom stereocenters. The van der Waals surface area contributed by atoms with Crippen LogP contribution >= 0.6 is 0 Å².